The second kappa shape index (κ2) is 11.2. The first-order valence-electron chi connectivity index (χ1n) is 11.8. The summed E-state index contributed by atoms with van der Waals surface area (Å²) in [6, 6.07) is 2.39. The number of pyridine rings is 1. The summed E-state index contributed by atoms with van der Waals surface area (Å²) in [6.45, 7) is 8.96. The van der Waals surface area contributed by atoms with E-state index in [0.29, 0.717) is 55.6 Å². The van der Waals surface area contributed by atoms with E-state index >= 15 is 0 Å². The first kappa shape index (κ1) is 25.3. The van der Waals surface area contributed by atoms with Crippen LogP contribution in [0.1, 0.15) is 68.1 Å². The molecule has 0 bridgehead atoms. The summed E-state index contributed by atoms with van der Waals surface area (Å²) in [7, 11) is 1.64. The number of carbonyl (C=O) groups excluding carboxylic acids is 3. The second-order valence-corrected chi connectivity index (χ2v) is 9.24. The molecule has 0 aromatic carbocycles. The number of hydrogen-bond acceptors (Lipinski definition) is 6. The van der Waals surface area contributed by atoms with E-state index in [1.165, 1.54) is 4.90 Å². The maximum atomic E-state index is 13.2. The summed E-state index contributed by atoms with van der Waals surface area (Å²) < 4.78 is 1.79. The first-order valence-corrected chi connectivity index (χ1v) is 11.8. The smallest absolute Gasteiger partial charge is 0.254 e. The molecule has 3 heterocycles. The number of amides is 3. The standard InChI is InChI=1S/C24H35N7O3/c1-16(2)15-20-22-26-18(4)28-31(22)14-13-30(24(34)19-8-10-25-11-9-19)12-6-7-21(32)29(5)17(3)23(33)27-20/h8-11,16-17,20H,6-7,12-15H2,1-5H3,(H,27,33)/t17-,20+/m0/s1. The van der Waals surface area contributed by atoms with Crippen molar-refractivity contribution < 1.29 is 14.4 Å². The van der Waals surface area contributed by atoms with Gasteiger partial charge >= 0.3 is 0 Å². The number of aromatic nitrogens is 4. The molecule has 10 nitrogen and oxygen atoms in total. The Labute approximate surface area is 200 Å². The Morgan fingerprint density at radius 1 is 1.18 bits per heavy atom. The lowest BCUT2D eigenvalue weighted by atomic mass is 10.0. The third-order valence-electron chi connectivity index (χ3n) is 6.11. The number of rotatable bonds is 3. The highest BCUT2D eigenvalue weighted by Gasteiger charge is 2.29. The van der Waals surface area contributed by atoms with Crippen LogP contribution in [0.5, 0.6) is 0 Å². The predicted octanol–water partition coefficient (Wildman–Crippen LogP) is 1.97. The minimum Gasteiger partial charge on any atom is -0.344 e. The van der Waals surface area contributed by atoms with Crippen LogP contribution in [-0.2, 0) is 16.1 Å². The summed E-state index contributed by atoms with van der Waals surface area (Å²) in [4.78, 5) is 50.8. The average molecular weight is 470 g/mol. The molecule has 3 amide bonds. The normalized spacial score (nSPS) is 20.6. The Hall–Kier alpha value is -3.30. The van der Waals surface area contributed by atoms with Gasteiger partial charge in [0.25, 0.3) is 5.91 Å². The van der Waals surface area contributed by atoms with Gasteiger partial charge in [-0.05, 0) is 44.7 Å². The number of likely N-dealkylation sites (N-methyl/N-ethyl adjacent to an activating group) is 1. The monoisotopic (exact) mass is 469 g/mol. The molecular weight excluding hydrogens is 434 g/mol. The van der Waals surface area contributed by atoms with Gasteiger partial charge in [-0.15, -0.1) is 0 Å². The lowest BCUT2D eigenvalue weighted by molar-refractivity contribution is -0.138. The Balaban J connectivity index is 1.95. The summed E-state index contributed by atoms with van der Waals surface area (Å²) in [5, 5.41) is 7.65. The van der Waals surface area contributed by atoms with Crippen LogP contribution < -0.4 is 5.32 Å². The molecule has 1 aliphatic rings. The van der Waals surface area contributed by atoms with E-state index in [4.69, 9.17) is 0 Å². The van der Waals surface area contributed by atoms with Crippen LogP contribution in [0.2, 0.25) is 0 Å². The van der Waals surface area contributed by atoms with Crippen LogP contribution in [0.25, 0.3) is 0 Å². The fourth-order valence-corrected chi connectivity index (χ4v) is 4.08. The van der Waals surface area contributed by atoms with Gasteiger partial charge in [0.1, 0.15) is 17.7 Å². The fraction of sp³-hybridized carbons (Fsp3) is 0.583. The molecule has 0 aliphatic carbocycles. The van der Waals surface area contributed by atoms with Crippen LogP contribution in [-0.4, -0.2) is 73.4 Å². The summed E-state index contributed by atoms with van der Waals surface area (Å²) in [5.41, 5.74) is 0.549. The van der Waals surface area contributed by atoms with Crippen molar-refractivity contribution in [1.82, 2.24) is 34.9 Å². The third kappa shape index (κ3) is 6.18. The van der Waals surface area contributed by atoms with E-state index in [-0.39, 0.29) is 30.2 Å². The van der Waals surface area contributed by atoms with Gasteiger partial charge in [-0.25, -0.2) is 9.67 Å². The number of hydrogen-bond donors (Lipinski definition) is 1. The average Bonchev–Trinajstić information content (AvgIpc) is 3.19. The molecule has 0 saturated heterocycles. The van der Waals surface area contributed by atoms with Gasteiger partial charge in [0, 0.05) is 44.5 Å². The molecule has 0 saturated carbocycles. The summed E-state index contributed by atoms with van der Waals surface area (Å²) >= 11 is 0. The van der Waals surface area contributed by atoms with Crippen LogP contribution >= 0.6 is 0 Å². The first-order chi connectivity index (χ1) is 16.2. The van der Waals surface area contributed by atoms with Crippen molar-refractivity contribution in [2.75, 3.05) is 20.1 Å². The molecule has 34 heavy (non-hydrogen) atoms. The number of carbonyl (C=O) groups is 3. The predicted molar refractivity (Wildman–Crippen MR) is 127 cm³/mol. The Bertz CT molecular complexity index is 1010. The molecule has 2 aromatic rings. The van der Waals surface area contributed by atoms with Gasteiger partial charge in [-0.2, -0.15) is 5.10 Å². The highest BCUT2D eigenvalue weighted by Crippen LogP contribution is 2.21. The zero-order valence-electron chi connectivity index (χ0n) is 20.7. The minimum atomic E-state index is -0.628. The van der Waals surface area contributed by atoms with E-state index in [1.807, 2.05) is 6.92 Å². The SMILES string of the molecule is Cc1nc2n(n1)CCN(C(=O)c1ccncc1)CCCC(=O)N(C)[C@@H](C)C(=O)N[C@@H]2CC(C)C. The van der Waals surface area contributed by atoms with Crippen molar-refractivity contribution in [1.29, 1.82) is 0 Å². The molecule has 2 aromatic heterocycles. The number of fused-ring (bicyclic) bond motifs is 1. The van der Waals surface area contributed by atoms with E-state index < -0.39 is 6.04 Å². The molecular formula is C24H35N7O3. The zero-order chi connectivity index (χ0) is 24.8. The molecule has 1 N–H and O–H groups in total. The van der Waals surface area contributed by atoms with E-state index in [1.54, 1.807) is 48.1 Å². The largest absolute Gasteiger partial charge is 0.344 e. The van der Waals surface area contributed by atoms with Crippen LogP contribution in [0.3, 0.4) is 0 Å². The molecule has 10 heteroatoms. The molecule has 0 radical (unpaired) electrons. The van der Waals surface area contributed by atoms with Crippen LogP contribution in [0, 0.1) is 12.8 Å². The topological polar surface area (TPSA) is 113 Å². The van der Waals surface area contributed by atoms with Crippen molar-refractivity contribution in [3.05, 3.63) is 41.7 Å². The molecule has 3 rings (SSSR count). The van der Waals surface area contributed by atoms with Crippen LogP contribution in [0.4, 0.5) is 0 Å². The lowest BCUT2D eigenvalue weighted by Crippen LogP contribution is -2.47. The number of nitrogens with one attached hydrogen (secondary N) is 1. The van der Waals surface area contributed by atoms with Gasteiger partial charge in [0.2, 0.25) is 11.8 Å². The van der Waals surface area contributed by atoms with Gasteiger partial charge < -0.3 is 15.1 Å². The van der Waals surface area contributed by atoms with Gasteiger partial charge in [0.15, 0.2) is 0 Å². The van der Waals surface area contributed by atoms with E-state index in [9.17, 15) is 14.4 Å². The Morgan fingerprint density at radius 2 is 1.88 bits per heavy atom. The number of aryl methyl sites for hydroxylation is 1. The minimum absolute atomic E-state index is 0.117. The molecule has 1 aliphatic heterocycles. The van der Waals surface area contributed by atoms with Crippen molar-refractivity contribution >= 4 is 17.7 Å². The van der Waals surface area contributed by atoms with E-state index in [2.05, 4.69) is 34.2 Å². The van der Waals surface area contributed by atoms with E-state index in [0.717, 1.165) is 0 Å². The van der Waals surface area contributed by atoms with Crippen molar-refractivity contribution in [3.63, 3.8) is 0 Å². The van der Waals surface area contributed by atoms with Crippen molar-refractivity contribution in [2.24, 2.45) is 5.92 Å². The molecule has 2 atom stereocenters. The maximum absolute atomic E-state index is 13.2. The maximum Gasteiger partial charge on any atom is 0.254 e. The summed E-state index contributed by atoms with van der Waals surface area (Å²) in [6.07, 6.45) is 4.60. The highest BCUT2D eigenvalue weighted by molar-refractivity contribution is 5.94. The van der Waals surface area contributed by atoms with Gasteiger partial charge in [-0.1, -0.05) is 13.8 Å². The number of nitrogens with zero attached hydrogens (tertiary/aromatic N) is 6. The van der Waals surface area contributed by atoms with Crippen molar-refractivity contribution in [2.45, 2.75) is 65.6 Å². The lowest BCUT2D eigenvalue weighted by Gasteiger charge is -2.29. The highest BCUT2D eigenvalue weighted by atomic mass is 16.2. The quantitative estimate of drug-likeness (QED) is 0.735. The third-order valence-corrected chi connectivity index (χ3v) is 6.11. The van der Waals surface area contributed by atoms with Gasteiger partial charge in [0.05, 0.1) is 12.6 Å². The zero-order valence-corrected chi connectivity index (χ0v) is 20.7. The molecule has 184 valence electrons. The van der Waals surface area contributed by atoms with Crippen LogP contribution in [0.15, 0.2) is 24.5 Å². The Kier molecular flexibility index (Phi) is 8.36. The fourth-order valence-electron chi connectivity index (χ4n) is 4.08. The Morgan fingerprint density at radius 3 is 2.56 bits per heavy atom. The molecule has 0 fully saturated rings. The second-order valence-electron chi connectivity index (χ2n) is 9.24. The van der Waals surface area contributed by atoms with Gasteiger partial charge in [-0.3, -0.25) is 19.4 Å². The molecule has 0 spiro atoms. The molecule has 0 unspecified atom stereocenters. The van der Waals surface area contributed by atoms with Crippen molar-refractivity contribution in [3.8, 4) is 0 Å². The summed E-state index contributed by atoms with van der Waals surface area (Å²) in [5.74, 6) is 1.10.